The van der Waals surface area contributed by atoms with Crippen LogP contribution >= 0.6 is 11.6 Å². The van der Waals surface area contributed by atoms with E-state index in [1.807, 2.05) is 31.2 Å². The molecule has 1 aliphatic heterocycles. The third kappa shape index (κ3) is 3.94. The van der Waals surface area contributed by atoms with E-state index in [-0.39, 0.29) is 11.8 Å². The number of fused-ring (bicyclic) bond motifs is 1. The molecule has 2 aromatic heterocycles. The van der Waals surface area contributed by atoms with Gasteiger partial charge in [0.05, 0.1) is 11.6 Å². The Labute approximate surface area is 168 Å². The van der Waals surface area contributed by atoms with Gasteiger partial charge >= 0.3 is 0 Å². The first-order valence-electron chi connectivity index (χ1n) is 9.46. The van der Waals surface area contributed by atoms with E-state index in [1.165, 1.54) is 6.33 Å². The fourth-order valence-electron chi connectivity index (χ4n) is 3.65. The van der Waals surface area contributed by atoms with E-state index in [0.717, 1.165) is 53.3 Å². The standard InChI is InChI=1S/C20H22ClN5O2/c1-13-17-18(23-12-24-20(17)28-25-13)26-10-2-3-15(11-26)19(27)22-9-8-14-4-6-16(21)7-5-14/h4-7,12,15H,2-3,8-11H2,1H3,(H,22,27)/t15-/m0/s1. The summed E-state index contributed by atoms with van der Waals surface area (Å²) in [6.45, 7) is 3.97. The second-order valence-electron chi connectivity index (χ2n) is 7.10. The third-order valence-electron chi connectivity index (χ3n) is 5.14. The Balaban J connectivity index is 1.38. The third-order valence-corrected chi connectivity index (χ3v) is 5.39. The Morgan fingerprint density at radius 2 is 2.14 bits per heavy atom. The van der Waals surface area contributed by atoms with Gasteiger partial charge in [-0.15, -0.1) is 0 Å². The van der Waals surface area contributed by atoms with Crippen molar-refractivity contribution in [2.75, 3.05) is 24.5 Å². The van der Waals surface area contributed by atoms with Gasteiger partial charge in [-0.05, 0) is 43.9 Å². The van der Waals surface area contributed by atoms with E-state index in [9.17, 15) is 4.79 Å². The van der Waals surface area contributed by atoms with E-state index >= 15 is 0 Å². The highest BCUT2D eigenvalue weighted by Crippen LogP contribution is 2.29. The van der Waals surface area contributed by atoms with Crippen LogP contribution in [0, 0.1) is 12.8 Å². The van der Waals surface area contributed by atoms with Crippen LogP contribution in [0.5, 0.6) is 0 Å². The molecule has 1 N–H and O–H groups in total. The molecule has 3 heterocycles. The molecule has 1 atom stereocenters. The Bertz CT molecular complexity index is 972. The fourth-order valence-corrected chi connectivity index (χ4v) is 3.78. The molecular weight excluding hydrogens is 378 g/mol. The van der Waals surface area contributed by atoms with Crippen molar-refractivity contribution in [1.29, 1.82) is 0 Å². The molecule has 28 heavy (non-hydrogen) atoms. The van der Waals surface area contributed by atoms with Crippen LogP contribution in [0.15, 0.2) is 35.1 Å². The lowest BCUT2D eigenvalue weighted by Crippen LogP contribution is -2.43. The fraction of sp³-hybridized carbons (Fsp3) is 0.400. The quantitative estimate of drug-likeness (QED) is 0.709. The molecular formula is C20H22ClN5O2. The second-order valence-corrected chi connectivity index (χ2v) is 7.53. The van der Waals surface area contributed by atoms with Gasteiger partial charge in [-0.1, -0.05) is 28.9 Å². The molecule has 3 aromatic rings. The second kappa shape index (κ2) is 8.14. The van der Waals surface area contributed by atoms with Gasteiger partial charge < -0.3 is 14.7 Å². The topological polar surface area (TPSA) is 84.2 Å². The summed E-state index contributed by atoms with van der Waals surface area (Å²) in [4.78, 5) is 23.4. The summed E-state index contributed by atoms with van der Waals surface area (Å²) in [7, 11) is 0. The summed E-state index contributed by atoms with van der Waals surface area (Å²) in [6.07, 6.45) is 4.08. The van der Waals surface area contributed by atoms with Gasteiger partial charge in [-0.2, -0.15) is 4.98 Å². The lowest BCUT2D eigenvalue weighted by Gasteiger charge is -2.33. The highest BCUT2D eigenvalue weighted by Gasteiger charge is 2.28. The summed E-state index contributed by atoms with van der Waals surface area (Å²) in [5.41, 5.74) is 2.40. The predicted octanol–water partition coefficient (Wildman–Crippen LogP) is 3.15. The number of rotatable bonds is 5. The van der Waals surface area contributed by atoms with Gasteiger partial charge in [-0.25, -0.2) is 4.98 Å². The van der Waals surface area contributed by atoms with E-state index in [0.29, 0.717) is 18.8 Å². The average molecular weight is 400 g/mol. The summed E-state index contributed by atoms with van der Waals surface area (Å²) in [5.74, 6) is 0.817. The predicted molar refractivity (Wildman–Crippen MR) is 107 cm³/mol. The van der Waals surface area contributed by atoms with Crippen molar-refractivity contribution in [3.63, 3.8) is 0 Å². The molecule has 0 radical (unpaired) electrons. The Morgan fingerprint density at radius 1 is 1.32 bits per heavy atom. The average Bonchev–Trinajstić information content (AvgIpc) is 3.11. The molecule has 146 valence electrons. The van der Waals surface area contributed by atoms with Gasteiger partial charge in [0, 0.05) is 24.7 Å². The van der Waals surface area contributed by atoms with Gasteiger partial charge in [0.2, 0.25) is 5.91 Å². The largest absolute Gasteiger partial charge is 0.355 e. The minimum atomic E-state index is -0.0656. The van der Waals surface area contributed by atoms with Crippen molar-refractivity contribution >= 4 is 34.4 Å². The molecule has 1 amide bonds. The zero-order chi connectivity index (χ0) is 19.5. The van der Waals surface area contributed by atoms with Gasteiger partial charge in [-0.3, -0.25) is 4.79 Å². The maximum Gasteiger partial charge on any atom is 0.263 e. The van der Waals surface area contributed by atoms with Crippen molar-refractivity contribution in [1.82, 2.24) is 20.4 Å². The molecule has 0 aliphatic carbocycles. The number of amides is 1. The number of carbonyl (C=O) groups is 1. The smallest absolute Gasteiger partial charge is 0.263 e. The van der Waals surface area contributed by atoms with Crippen molar-refractivity contribution < 1.29 is 9.32 Å². The van der Waals surface area contributed by atoms with Crippen molar-refractivity contribution in [3.05, 3.63) is 46.9 Å². The summed E-state index contributed by atoms with van der Waals surface area (Å²) < 4.78 is 5.24. The SMILES string of the molecule is Cc1noc2ncnc(N3CCC[C@H](C(=O)NCCc4ccc(Cl)cc4)C3)c12. The van der Waals surface area contributed by atoms with Crippen LogP contribution in [0.3, 0.4) is 0 Å². The van der Waals surface area contributed by atoms with Crippen LogP contribution in [0.2, 0.25) is 5.02 Å². The molecule has 0 saturated carbocycles. The lowest BCUT2D eigenvalue weighted by molar-refractivity contribution is -0.125. The van der Waals surface area contributed by atoms with Crippen LogP contribution < -0.4 is 10.2 Å². The maximum absolute atomic E-state index is 12.7. The monoisotopic (exact) mass is 399 g/mol. The minimum Gasteiger partial charge on any atom is -0.355 e. The molecule has 0 spiro atoms. The summed E-state index contributed by atoms with van der Waals surface area (Å²) in [5, 5.41) is 8.60. The van der Waals surface area contributed by atoms with Crippen LogP contribution in [0.25, 0.3) is 11.1 Å². The van der Waals surface area contributed by atoms with E-state index < -0.39 is 0 Å². The molecule has 1 saturated heterocycles. The van der Waals surface area contributed by atoms with Gasteiger partial charge in [0.25, 0.3) is 5.71 Å². The Hall–Kier alpha value is -2.67. The number of anilines is 1. The Kier molecular flexibility index (Phi) is 5.43. The summed E-state index contributed by atoms with van der Waals surface area (Å²) >= 11 is 5.91. The number of carbonyl (C=O) groups excluding carboxylic acids is 1. The van der Waals surface area contributed by atoms with E-state index in [4.69, 9.17) is 16.1 Å². The van der Waals surface area contributed by atoms with Crippen molar-refractivity contribution in [2.24, 2.45) is 5.92 Å². The molecule has 8 heteroatoms. The van der Waals surface area contributed by atoms with Gasteiger partial charge in [0.1, 0.15) is 17.5 Å². The molecule has 0 unspecified atom stereocenters. The first-order chi connectivity index (χ1) is 13.6. The number of piperidine rings is 1. The van der Waals surface area contributed by atoms with Crippen molar-refractivity contribution in [3.8, 4) is 0 Å². The summed E-state index contributed by atoms with van der Waals surface area (Å²) in [6, 6.07) is 7.71. The highest BCUT2D eigenvalue weighted by molar-refractivity contribution is 6.30. The molecule has 1 aliphatic rings. The number of benzene rings is 1. The maximum atomic E-state index is 12.7. The number of aryl methyl sites for hydroxylation is 1. The molecule has 0 bridgehead atoms. The Morgan fingerprint density at radius 3 is 2.96 bits per heavy atom. The number of nitrogens with zero attached hydrogens (tertiary/aromatic N) is 4. The zero-order valence-corrected chi connectivity index (χ0v) is 16.4. The van der Waals surface area contributed by atoms with Crippen LogP contribution in [-0.2, 0) is 11.2 Å². The van der Waals surface area contributed by atoms with E-state index in [2.05, 4.69) is 25.3 Å². The molecule has 4 rings (SSSR count). The van der Waals surface area contributed by atoms with Crippen LogP contribution in [0.4, 0.5) is 5.82 Å². The zero-order valence-electron chi connectivity index (χ0n) is 15.7. The minimum absolute atomic E-state index is 0.0656. The van der Waals surface area contributed by atoms with Crippen LogP contribution in [-0.4, -0.2) is 40.7 Å². The first kappa shape index (κ1) is 18.7. The lowest BCUT2D eigenvalue weighted by atomic mass is 9.96. The number of aromatic nitrogens is 3. The molecule has 7 nitrogen and oxygen atoms in total. The molecule has 1 aromatic carbocycles. The number of halogens is 1. The molecule has 1 fully saturated rings. The number of nitrogens with one attached hydrogen (secondary N) is 1. The number of hydrogen-bond acceptors (Lipinski definition) is 6. The number of hydrogen-bond donors (Lipinski definition) is 1. The first-order valence-corrected chi connectivity index (χ1v) is 9.83. The van der Waals surface area contributed by atoms with E-state index in [1.54, 1.807) is 0 Å². The van der Waals surface area contributed by atoms with Crippen molar-refractivity contribution in [2.45, 2.75) is 26.2 Å². The van der Waals surface area contributed by atoms with Crippen LogP contribution in [0.1, 0.15) is 24.1 Å². The highest BCUT2D eigenvalue weighted by atomic mass is 35.5. The van der Waals surface area contributed by atoms with Gasteiger partial charge in [0.15, 0.2) is 0 Å². The normalized spacial score (nSPS) is 17.1.